The number of aromatic nitrogens is 1. The maximum atomic E-state index is 3.74. The number of benzene rings is 1. The first-order valence-electron chi connectivity index (χ1n) is 6.06. The van der Waals surface area contributed by atoms with Gasteiger partial charge in [0.15, 0.2) is 0 Å². The summed E-state index contributed by atoms with van der Waals surface area (Å²) in [6.45, 7) is 8.12. The van der Waals surface area contributed by atoms with Gasteiger partial charge in [0.05, 0.1) is 0 Å². The van der Waals surface area contributed by atoms with Gasteiger partial charge in [-0.15, -0.1) is 0 Å². The van der Waals surface area contributed by atoms with Crippen LogP contribution < -0.4 is 0 Å². The van der Waals surface area contributed by atoms with Crippen LogP contribution in [-0.2, 0) is 13.5 Å². The van der Waals surface area contributed by atoms with Gasteiger partial charge in [0, 0.05) is 29.2 Å². The highest BCUT2D eigenvalue weighted by atomic mass is 14.9. The minimum Gasteiger partial charge on any atom is -0.347 e. The molecule has 2 aromatic rings. The van der Waals surface area contributed by atoms with E-state index in [9.17, 15) is 0 Å². The Bertz CT molecular complexity index is 585. The van der Waals surface area contributed by atoms with Gasteiger partial charge in [0.2, 0.25) is 0 Å². The van der Waals surface area contributed by atoms with Gasteiger partial charge in [0.1, 0.15) is 0 Å². The predicted molar refractivity (Wildman–Crippen MR) is 76.3 cm³/mol. The minimum atomic E-state index is 1.07. The van der Waals surface area contributed by atoms with E-state index < -0.39 is 0 Å². The number of hydrogen-bond acceptors (Lipinski definition) is 0. The minimum absolute atomic E-state index is 1.07. The summed E-state index contributed by atoms with van der Waals surface area (Å²) in [5.41, 5.74) is 5.35. The van der Waals surface area contributed by atoms with Crippen LogP contribution in [0.3, 0.4) is 0 Å². The van der Waals surface area contributed by atoms with Gasteiger partial charge in [-0.1, -0.05) is 43.9 Å². The average molecular weight is 225 g/mol. The van der Waals surface area contributed by atoms with Crippen molar-refractivity contribution in [3.63, 3.8) is 0 Å². The molecule has 0 saturated heterocycles. The molecule has 0 bridgehead atoms. The third kappa shape index (κ3) is 1.82. The molecule has 1 aromatic carbocycles. The van der Waals surface area contributed by atoms with Gasteiger partial charge in [-0.2, -0.15) is 0 Å². The van der Waals surface area contributed by atoms with Crippen molar-refractivity contribution in [2.45, 2.75) is 20.3 Å². The lowest BCUT2D eigenvalue weighted by Gasteiger charge is -2.01. The fourth-order valence-electron chi connectivity index (χ4n) is 2.38. The molecule has 17 heavy (non-hydrogen) atoms. The maximum Gasteiger partial charge on any atom is 0.0488 e. The van der Waals surface area contributed by atoms with Crippen molar-refractivity contribution in [3.05, 3.63) is 53.8 Å². The topological polar surface area (TPSA) is 4.93 Å². The molecule has 0 N–H and O–H groups in total. The van der Waals surface area contributed by atoms with Crippen molar-refractivity contribution < 1.29 is 0 Å². The number of rotatable bonds is 3. The van der Waals surface area contributed by atoms with Crippen molar-refractivity contribution in [1.29, 1.82) is 0 Å². The highest BCUT2D eigenvalue weighted by Crippen LogP contribution is 2.29. The summed E-state index contributed by atoms with van der Waals surface area (Å²) < 4.78 is 2.26. The molecule has 0 aliphatic rings. The summed E-state index contributed by atoms with van der Waals surface area (Å²) in [5.74, 6) is 0. The first-order chi connectivity index (χ1) is 8.20. The van der Waals surface area contributed by atoms with Gasteiger partial charge >= 0.3 is 0 Å². The number of nitrogens with zero attached hydrogens (tertiary/aromatic N) is 1. The molecule has 2 rings (SSSR count). The SMILES string of the molecule is C=C/C=C\c1c(C)n(C)c2cccc(CC)c12. The molecular weight excluding hydrogens is 206 g/mol. The van der Waals surface area contributed by atoms with Crippen LogP contribution in [0.25, 0.3) is 17.0 Å². The largest absolute Gasteiger partial charge is 0.347 e. The molecule has 0 fully saturated rings. The molecule has 0 spiro atoms. The van der Waals surface area contributed by atoms with Crippen molar-refractivity contribution in [1.82, 2.24) is 4.57 Å². The third-order valence-corrected chi connectivity index (χ3v) is 3.43. The lowest BCUT2D eigenvalue weighted by molar-refractivity contribution is 0.916. The predicted octanol–water partition coefficient (Wildman–Crippen LogP) is 4.25. The zero-order valence-corrected chi connectivity index (χ0v) is 10.8. The van der Waals surface area contributed by atoms with Crippen molar-refractivity contribution >= 4 is 17.0 Å². The number of aryl methyl sites for hydroxylation is 2. The van der Waals surface area contributed by atoms with E-state index in [1.165, 1.54) is 27.7 Å². The molecule has 0 atom stereocenters. The average Bonchev–Trinajstić information content (AvgIpc) is 2.60. The van der Waals surface area contributed by atoms with Crippen LogP contribution in [0.5, 0.6) is 0 Å². The molecular formula is C16H19N. The summed E-state index contributed by atoms with van der Waals surface area (Å²) in [6, 6.07) is 6.54. The summed E-state index contributed by atoms with van der Waals surface area (Å²) in [6.07, 6.45) is 7.06. The van der Waals surface area contributed by atoms with E-state index in [0.29, 0.717) is 0 Å². The van der Waals surface area contributed by atoms with Crippen LogP contribution in [0.4, 0.5) is 0 Å². The summed E-state index contributed by atoms with van der Waals surface area (Å²) >= 11 is 0. The van der Waals surface area contributed by atoms with E-state index in [4.69, 9.17) is 0 Å². The molecule has 88 valence electrons. The molecule has 0 aliphatic heterocycles. The van der Waals surface area contributed by atoms with E-state index in [1.807, 2.05) is 12.2 Å². The van der Waals surface area contributed by atoms with Crippen LogP contribution in [0, 0.1) is 6.92 Å². The van der Waals surface area contributed by atoms with Gasteiger partial charge in [-0.3, -0.25) is 0 Å². The normalized spacial score (nSPS) is 11.5. The number of hydrogen-bond donors (Lipinski definition) is 0. The van der Waals surface area contributed by atoms with E-state index in [-0.39, 0.29) is 0 Å². The molecule has 0 unspecified atom stereocenters. The Balaban J connectivity index is 2.84. The Labute approximate surface area is 103 Å². The lowest BCUT2D eigenvalue weighted by atomic mass is 10.0. The summed E-state index contributed by atoms with van der Waals surface area (Å²) in [7, 11) is 2.13. The standard InChI is InChI=1S/C16H19N/c1-5-7-10-14-12(3)17(4)15-11-8-9-13(6-2)16(14)15/h5,7-11H,1,6H2,2-4H3/b10-7-. The van der Waals surface area contributed by atoms with E-state index in [2.05, 4.69) is 56.3 Å². The van der Waals surface area contributed by atoms with Crippen molar-refractivity contribution in [2.24, 2.45) is 7.05 Å². The highest BCUT2D eigenvalue weighted by Gasteiger charge is 2.11. The van der Waals surface area contributed by atoms with Crippen LogP contribution in [0.15, 0.2) is 36.9 Å². The molecule has 1 nitrogen and oxygen atoms in total. The molecule has 0 aliphatic carbocycles. The zero-order valence-electron chi connectivity index (χ0n) is 10.8. The highest BCUT2D eigenvalue weighted by molar-refractivity contribution is 5.94. The second-order valence-corrected chi connectivity index (χ2v) is 4.32. The summed E-state index contributed by atoms with van der Waals surface area (Å²) in [5, 5.41) is 1.38. The number of allylic oxidation sites excluding steroid dienone is 2. The molecule has 1 heteroatoms. The Morgan fingerprint density at radius 3 is 2.76 bits per heavy atom. The van der Waals surface area contributed by atoms with Gasteiger partial charge in [-0.05, 0) is 25.0 Å². The quantitative estimate of drug-likeness (QED) is 0.688. The van der Waals surface area contributed by atoms with Crippen LogP contribution >= 0.6 is 0 Å². The third-order valence-electron chi connectivity index (χ3n) is 3.43. The van der Waals surface area contributed by atoms with Crippen LogP contribution in [0.1, 0.15) is 23.7 Å². The second kappa shape index (κ2) is 4.62. The van der Waals surface area contributed by atoms with Gasteiger partial charge < -0.3 is 4.57 Å². The Hall–Kier alpha value is -1.76. The molecule has 0 amide bonds. The van der Waals surface area contributed by atoms with E-state index >= 15 is 0 Å². The molecule has 0 saturated carbocycles. The van der Waals surface area contributed by atoms with Crippen molar-refractivity contribution in [3.8, 4) is 0 Å². The first kappa shape index (κ1) is 11.7. The molecule has 1 heterocycles. The lowest BCUT2D eigenvalue weighted by Crippen LogP contribution is -1.90. The van der Waals surface area contributed by atoms with Crippen molar-refractivity contribution in [2.75, 3.05) is 0 Å². The Morgan fingerprint density at radius 2 is 2.12 bits per heavy atom. The fourth-order valence-corrected chi connectivity index (χ4v) is 2.38. The second-order valence-electron chi connectivity index (χ2n) is 4.32. The van der Waals surface area contributed by atoms with Crippen LogP contribution in [0.2, 0.25) is 0 Å². The number of fused-ring (bicyclic) bond motifs is 1. The Morgan fingerprint density at radius 1 is 1.35 bits per heavy atom. The van der Waals surface area contributed by atoms with Crippen LogP contribution in [-0.4, -0.2) is 4.57 Å². The first-order valence-corrected chi connectivity index (χ1v) is 6.06. The zero-order chi connectivity index (χ0) is 12.4. The van der Waals surface area contributed by atoms with Gasteiger partial charge in [-0.25, -0.2) is 0 Å². The van der Waals surface area contributed by atoms with E-state index in [1.54, 1.807) is 0 Å². The van der Waals surface area contributed by atoms with E-state index in [0.717, 1.165) is 6.42 Å². The Kier molecular flexibility index (Phi) is 3.19. The molecule has 0 radical (unpaired) electrons. The monoisotopic (exact) mass is 225 g/mol. The maximum absolute atomic E-state index is 3.74. The smallest absolute Gasteiger partial charge is 0.0488 e. The summed E-state index contributed by atoms with van der Waals surface area (Å²) in [4.78, 5) is 0. The molecule has 1 aromatic heterocycles. The fraction of sp³-hybridized carbons (Fsp3) is 0.250. The van der Waals surface area contributed by atoms with Gasteiger partial charge in [0.25, 0.3) is 0 Å².